The second kappa shape index (κ2) is 6.83. The SMILES string of the molecule is Cc1ccc(OCC(=O)N[C@H](C)c2ccc(F)cc2)cn1. The molecule has 0 bridgehead atoms. The second-order valence-electron chi connectivity index (χ2n) is 4.76. The van der Waals surface area contributed by atoms with Crippen LogP contribution in [0.1, 0.15) is 24.2 Å². The Morgan fingerprint density at radius 3 is 2.62 bits per heavy atom. The molecule has 0 fully saturated rings. The summed E-state index contributed by atoms with van der Waals surface area (Å²) in [6.45, 7) is 3.62. The molecule has 1 aromatic heterocycles. The molecule has 0 aliphatic heterocycles. The molecule has 0 saturated carbocycles. The van der Waals surface area contributed by atoms with Crippen molar-refractivity contribution in [3.63, 3.8) is 0 Å². The van der Waals surface area contributed by atoms with E-state index in [1.165, 1.54) is 12.1 Å². The summed E-state index contributed by atoms with van der Waals surface area (Å²) in [5, 5.41) is 2.79. The van der Waals surface area contributed by atoms with Crippen molar-refractivity contribution in [1.29, 1.82) is 0 Å². The first-order valence-corrected chi connectivity index (χ1v) is 6.65. The van der Waals surface area contributed by atoms with E-state index in [1.807, 2.05) is 19.9 Å². The minimum Gasteiger partial charge on any atom is -0.482 e. The van der Waals surface area contributed by atoms with Crippen LogP contribution in [0.2, 0.25) is 0 Å². The van der Waals surface area contributed by atoms with Gasteiger partial charge in [-0.2, -0.15) is 0 Å². The number of rotatable bonds is 5. The summed E-state index contributed by atoms with van der Waals surface area (Å²) in [4.78, 5) is 15.9. The van der Waals surface area contributed by atoms with Crippen molar-refractivity contribution >= 4 is 5.91 Å². The number of nitrogens with one attached hydrogen (secondary N) is 1. The van der Waals surface area contributed by atoms with Gasteiger partial charge in [0.1, 0.15) is 11.6 Å². The number of carbonyl (C=O) groups excluding carboxylic acids is 1. The van der Waals surface area contributed by atoms with Gasteiger partial charge in [0.05, 0.1) is 12.2 Å². The highest BCUT2D eigenvalue weighted by Gasteiger charge is 2.10. The van der Waals surface area contributed by atoms with Crippen LogP contribution in [0.25, 0.3) is 0 Å². The quantitative estimate of drug-likeness (QED) is 0.920. The van der Waals surface area contributed by atoms with Crippen LogP contribution in [0.15, 0.2) is 42.6 Å². The molecule has 21 heavy (non-hydrogen) atoms. The lowest BCUT2D eigenvalue weighted by Gasteiger charge is -2.14. The van der Waals surface area contributed by atoms with Gasteiger partial charge in [-0.3, -0.25) is 9.78 Å². The first-order chi connectivity index (χ1) is 10.0. The van der Waals surface area contributed by atoms with E-state index in [0.717, 1.165) is 11.3 Å². The van der Waals surface area contributed by atoms with Crippen molar-refractivity contribution in [2.24, 2.45) is 0 Å². The number of benzene rings is 1. The maximum absolute atomic E-state index is 12.8. The average molecular weight is 288 g/mol. The van der Waals surface area contributed by atoms with Gasteiger partial charge in [0, 0.05) is 5.69 Å². The zero-order valence-electron chi connectivity index (χ0n) is 12.0. The summed E-state index contributed by atoms with van der Waals surface area (Å²) in [6.07, 6.45) is 1.58. The molecule has 1 aromatic carbocycles. The van der Waals surface area contributed by atoms with Crippen molar-refractivity contribution in [3.8, 4) is 5.75 Å². The summed E-state index contributed by atoms with van der Waals surface area (Å²) in [5.74, 6) is 0.00469. The molecule has 2 rings (SSSR count). The Balaban J connectivity index is 1.83. The summed E-state index contributed by atoms with van der Waals surface area (Å²) < 4.78 is 18.2. The Labute approximate surface area is 123 Å². The van der Waals surface area contributed by atoms with Crippen molar-refractivity contribution in [1.82, 2.24) is 10.3 Å². The predicted octanol–water partition coefficient (Wildman–Crippen LogP) is 2.79. The number of nitrogens with zero attached hydrogens (tertiary/aromatic N) is 1. The Morgan fingerprint density at radius 2 is 2.00 bits per heavy atom. The molecule has 1 heterocycles. The highest BCUT2D eigenvalue weighted by Crippen LogP contribution is 2.13. The first kappa shape index (κ1) is 15.0. The van der Waals surface area contributed by atoms with Gasteiger partial charge in [-0.1, -0.05) is 12.1 Å². The van der Waals surface area contributed by atoms with Crippen LogP contribution >= 0.6 is 0 Å². The number of hydrogen-bond donors (Lipinski definition) is 1. The third kappa shape index (κ3) is 4.56. The minimum absolute atomic E-state index is 0.0870. The average Bonchev–Trinajstić information content (AvgIpc) is 2.47. The van der Waals surface area contributed by atoms with E-state index < -0.39 is 0 Å². The maximum Gasteiger partial charge on any atom is 0.258 e. The number of halogens is 1. The second-order valence-corrected chi connectivity index (χ2v) is 4.76. The molecule has 1 N–H and O–H groups in total. The first-order valence-electron chi connectivity index (χ1n) is 6.65. The van der Waals surface area contributed by atoms with Crippen molar-refractivity contribution in [2.45, 2.75) is 19.9 Å². The molecule has 0 spiro atoms. The lowest BCUT2D eigenvalue weighted by molar-refractivity contribution is -0.123. The third-order valence-corrected chi connectivity index (χ3v) is 3.00. The van der Waals surface area contributed by atoms with Gasteiger partial charge in [0.15, 0.2) is 6.61 Å². The number of ether oxygens (including phenoxy) is 1. The van der Waals surface area contributed by atoms with Crippen LogP contribution in [0.5, 0.6) is 5.75 Å². The molecule has 4 nitrogen and oxygen atoms in total. The molecule has 0 aliphatic rings. The van der Waals surface area contributed by atoms with E-state index in [-0.39, 0.29) is 24.4 Å². The van der Waals surface area contributed by atoms with Crippen LogP contribution in [-0.2, 0) is 4.79 Å². The highest BCUT2D eigenvalue weighted by molar-refractivity contribution is 5.78. The molecule has 0 saturated heterocycles. The van der Waals surface area contributed by atoms with E-state index >= 15 is 0 Å². The van der Waals surface area contributed by atoms with Crippen LogP contribution in [0.4, 0.5) is 4.39 Å². The van der Waals surface area contributed by atoms with E-state index in [4.69, 9.17) is 4.74 Å². The van der Waals surface area contributed by atoms with E-state index in [9.17, 15) is 9.18 Å². The van der Waals surface area contributed by atoms with E-state index in [2.05, 4.69) is 10.3 Å². The normalized spacial score (nSPS) is 11.8. The zero-order valence-corrected chi connectivity index (χ0v) is 12.0. The molecule has 0 aliphatic carbocycles. The van der Waals surface area contributed by atoms with Gasteiger partial charge in [0.25, 0.3) is 5.91 Å². The summed E-state index contributed by atoms with van der Waals surface area (Å²) in [5.41, 5.74) is 1.72. The molecular weight excluding hydrogens is 271 g/mol. The fraction of sp³-hybridized carbons (Fsp3) is 0.250. The fourth-order valence-corrected chi connectivity index (χ4v) is 1.81. The zero-order chi connectivity index (χ0) is 15.2. The summed E-state index contributed by atoms with van der Waals surface area (Å²) >= 11 is 0. The van der Waals surface area contributed by atoms with Crippen LogP contribution in [0.3, 0.4) is 0 Å². The van der Waals surface area contributed by atoms with Gasteiger partial charge in [-0.25, -0.2) is 4.39 Å². The number of pyridine rings is 1. The Hall–Kier alpha value is -2.43. The predicted molar refractivity (Wildman–Crippen MR) is 77.4 cm³/mol. The molecule has 110 valence electrons. The Kier molecular flexibility index (Phi) is 4.87. The lowest BCUT2D eigenvalue weighted by Crippen LogP contribution is -2.31. The van der Waals surface area contributed by atoms with Crippen molar-refractivity contribution < 1.29 is 13.9 Å². The monoisotopic (exact) mass is 288 g/mol. The topological polar surface area (TPSA) is 51.2 Å². The number of hydrogen-bond acceptors (Lipinski definition) is 3. The number of amides is 1. The van der Waals surface area contributed by atoms with Crippen LogP contribution in [0, 0.1) is 12.7 Å². The smallest absolute Gasteiger partial charge is 0.258 e. The van der Waals surface area contributed by atoms with Gasteiger partial charge >= 0.3 is 0 Å². The molecule has 0 radical (unpaired) electrons. The van der Waals surface area contributed by atoms with E-state index in [1.54, 1.807) is 24.4 Å². The third-order valence-electron chi connectivity index (χ3n) is 3.00. The molecular formula is C16H17FN2O2. The van der Waals surface area contributed by atoms with Gasteiger partial charge in [-0.05, 0) is 43.7 Å². The lowest BCUT2D eigenvalue weighted by atomic mass is 10.1. The minimum atomic E-state index is -0.299. The standard InChI is InChI=1S/C16H17FN2O2/c1-11-3-8-15(9-18-11)21-10-16(20)19-12(2)13-4-6-14(17)7-5-13/h3-9,12H,10H2,1-2H3,(H,19,20)/t12-/m1/s1. The summed E-state index contributed by atoms with van der Waals surface area (Å²) in [6, 6.07) is 9.39. The Morgan fingerprint density at radius 1 is 1.29 bits per heavy atom. The Bertz CT molecular complexity index is 597. The number of aromatic nitrogens is 1. The largest absolute Gasteiger partial charge is 0.482 e. The fourth-order valence-electron chi connectivity index (χ4n) is 1.81. The van der Waals surface area contributed by atoms with Gasteiger partial charge < -0.3 is 10.1 Å². The maximum atomic E-state index is 12.8. The highest BCUT2D eigenvalue weighted by atomic mass is 19.1. The van der Waals surface area contributed by atoms with Crippen molar-refractivity contribution in [3.05, 3.63) is 59.7 Å². The summed E-state index contributed by atoms with van der Waals surface area (Å²) in [7, 11) is 0. The number of carbonyl (C=O) groups is 1. The molecule has 1 amide bonds. The molecule has 1 atom stereocenters. The van der Waals surface area contributed by atoms with Crippen LogP contribution in [-0.4, -0.2) is 17.5 Å². The number of aryl methyl sites for hydroxylation is 1. The molecule has 0 unspecified atom stereocenters. The van der Waals surface area contributed by atoms with Crippen molar-refractivity contribution in [2.75, 3.05) is 6.61 Å². The molecule has 2 aromatic rings. The van der Waals surface area contributed by atoms with E-state index in [0.29, 0.717) is 5.75 Å². The van der Waals surface area contributed by atoms with Gasteiger partial charge in [0.2, 0.25) is 0 Å². The molecule has 5 heteroatoms. The van der Waals surface area contributed by atoms with Crippen LogP contribution < -0.4 is 10.1 Å². The van der Waals surface area contributed by atoms with Gasteiger partial charge in [-0.15, -0.1) is 0 Å².